The summed E-state index contributed by atoms with van der Waals surface area (Å²) in [5.74, 6) is 1.19. The summed E-state index contributed by atoms with van der Waals surface area (Å²) in [6.45, 7) is 28.4. The van der Waals surface area contributed by atoms with Crippen molar-refractivity contribution < 1.29 is 9.84 Å². The van der Waals surface area contributed by atoms with E-state index in [-0.39, 0.29) is 6.10 Å². The van der Waals surface area contributed by atoms with Gasteiger partial charge in [0.2, 0.25) is 0 Å². The zero-order valence-corrected chi connectivity index (χ0v) is 18.1. The van der Waals surface area contributed by atoms with Crippen LogP contribution in [0.25, 0.3) is 5.57 Å². The Morgan fingerprint density at radius 2 is 1.33 bits per heavy atom. The molecule has 0 radical (unpaired) electrons. The minimum Gasteiger partial charge on any atom is -0.507 e. The van der Waals surface area contributed by atoms with Gasteiger partial charge in [-0.2, -0.15) is 0 Å². The molecule has 0 saturated heterocycles. The molecule has 0 fully saturated rings. The van der Waals surface area contributed by atoms with Gasteiger partial charge in [0.05, 0.1) is 6.10 Å². The molecular formula is C22H40O2. The molecule has 2 heteroatoms. The van der Waals surface area contributed by atoms with Crippen LogP contribution < -0.4 is 4.74 Å². The van der Waals surface area contributed by atoms with Gasteiger partial charge in [-0.25, -0.2) is 0 Å². The van der Waals surface area contributed by atoms with E-state index in [4.69, 9.17) is 4.74 Å². The van der Waals surface area contributed by atoms with Gasteiger partial charge in [0.15, 0.2) is 0 Å². The highest BCUT2D eigenvalue weighted by Gasteiger charge is 2.19. The predicted molar refractivity (Wildman–Crippen MR) is 109 cm³/mol. The number of benzene rings is 1. The summed E-state index contributed by atoms with van der Waals surface area (Å²) in [5, 5.41) is 10.1. The molecule has 0 aromatic heterocycles. The first-order chi connectivity index (χ1) is 10.8. The summed E-state index contributed by atoms with van der Waals surface area (Å²) >= 11 is 0. The van der Waals surface area contributed by atoms with Crippen molar-refractivity contribution in [3.63, 3.8) is 0 Å². The van der Waals surface area contributed by atoms with Crippen molar-refractivity contribution >= 4 is 5.57 Å². The van der Waals surface area contributed by atoms with Gasteiger partial charge in [0.1, 0.15) is 11.5 Å². The number of hydrogen-bond acceptors (Lipinski definition) is 2. The van der Waals surface area contributed by atoms with E-state index >= 15 is 0 Å². The Bertz CT molecular complexity index is 526. The molecule has 140 valence electrons. The first kappa shape index (κ1) is 24.8. The molecule has 0 aliphatic rings. The largest absolute Gasteiger partial charge is 0.507 e. The molecule has 1 rings (SSSR count). The van der Waals surface area contributed by atoms with Gasteiger partial charge in [-0.1, -0.05) is 48.1 Å². The lowest BCUT2D eigenvalue weighted by Crippen LogP contribution is -2.10. The second-order valence-electron chi connectivity index (χ2n) is 7.87. The Labute approximate surface area is 151 Å². The molecule has 1 N–H and O–H groups in total. The fourth-order valence-electron chi connectivity index (χ4n) is 2.00. The van der Waals surface area contributed by atoms with E-state index < -0.39 is 0 Å². The molecular weight excluding hydrogens is 296 g/mol. The summed E-state index contributed by atoms with van der Waals surface area (Å²) in [6.07, 6.45) is 0.107. The third-order valence-electron chi connectivity index (χ3n) is 3.00. The lowest BCUT2D eigenvalue weighted by atomic mass is 9.94. The molecule has 1 aromatic carbocycles. The monoisotopic (exact) mass is 336 g/mol. The lowest BCUT2D eigenvalue weighted by molar-refractivity contribution is 0.239. The highest BCUT2D eigenvalue weighted by atomic mass is 16.5. The molecule has 0 spiro atoms. The Balaban J connectivity index is 0. The zero-order chi connectivity index (χ0) is 19.8. The van der Waals surface area contributed by atoms with Crippen LogP contribution in [0.4, 0.5) is 0 Å². The normalized spacial score (nSPS) is 10.4. The molecule has 0 saturated carbocycles. The molecule has 0 unspecified atom stereocenters. The van der Waals surface area contributed by atoms with E-state index in [0.717, 1.165) is 33.6 Å². The molecule has 0 aliphatic heterocycles. The van der Waals surface area contributed by atoms with Crippen LogP contribution in [-0.2, 0) is 0 Å². The maximum Gasteiger partial charge on any atom is 0.130 e. The summed E-state index contributed by atoms with van der Waals surface area (Å²) in [6, 6.07) is 0. The van der Waals surface area contributed by atoms with Crippen molar-refractivity contribution in [1.82, 2.24) is 0 Å². The van der Waals surface area contributed by atoms with Gasteiger partial charge in [0.25, 0.3) is 0 Å². The van der Waals surface area contributed by atoms with Crippen LogP contribution >= 0.6 is 0 Å². The molecule has 0 atom stereocenters. The number of hydrogen-bond donors (Lipinski definition) is 1. The van der Waals surface area contributed by atoms with E-state index in [1.54, 1.807) is 0 Å². The minimum absolute atomic E-state index is 0.107. The molecule has 1 aromatic rings. The quantitative estimate of drug-likeness (QED) is 0.631. The van der Waals surface area contributed by atoms with Crippen LogP contribution in [0.2, 0.25) is 0 Å². The van der Waals surface area contributed by atoms with E-state index in [2.05, 4.69) is 34.3 Å². The summed E-state index contributed by atoms with van der Waals surface area (Å²) < 4.78 is 5.88. The first-order valence-corrected chi connectivity index (χ1v) is 8.92. The Morgan fingerprint density at radius 3 is 1.62 bits per heavy atom. The van der Waals surface area contributed by atoms with Crippen LogP contribution in [0, 0.1) is 26.2 Å². The average Bonchev–Trinajstić information content (AvgIpc) is 2.42. The molecule has 0 aliphatic carbocycles. The Kier molecular flexibility index (Phi) is 10.8. The fourth-order valence-corrected chi connectivity index (χ4v) is 2.00. The van der Waals surface area contributed by atoms with Crippen LogP contribution in [0.15, 0.2) is 6.58 Å². The summed E-state index contributed by atoms with van der Waals surface area (Å²) in [5.41, 5.74) is 5.05. The topological polar surface area (TPSA) is 29.5 Å². The maximum absolute atomic E-state index is 10.1. The standard InChI is InChI=1S/C15H22O2.C5H12.C2H6/c1-8(2)13-12(7)14(16)10(5)11(6)15(13)17-9(3)4;1-5(2,3)4;1-2/h9,16H,1H2,2-7H3;1-4H3;1-2H3. The van der Waals surface area contributed by atoms with Gasteiger partial charge in [-0.05, 0) is 63.7 Å². The SMILES string of the molecule is C=C(C)c1c(C)c(O)c(C)c(C)c1OC(C)C.CC.CC(C)(C)C. The van der Waals surface area contributed by atoms with Crippen molar-refractivity contribution in [2.45, 2.75) is 89.2 Å². The summed E-state index contributed by atoms with van der Waals surface area (Å²) in [7, 11) is 0. The van der Waals surface area contributed by atoms with E-state index in [1.807, 2.05) is 55.4 Å². The van der Waals surface area contributed by atoms with Crippen molar-refractivity contribution in [3.8, 4) is 11.5 Å². The van der Waals surface area contributed by atoms with Gasteiger partial charge < -0.3 is 9.84 Å². The Morgan fingerprint density at radius 1 is 0.958 bits per heavy atom. The molecule has 0 amide bonds. The van der Waals surface area contributed by atoms with Crippen LogP contribution in [0.3, 0.4) is 0 Å². The highest BCUT2D eigenvalue weighted by Crippen LogP contribution is 2.40. The smallest absolute Gasteiger partial charge is 0.130 e. The van der Waals surface area contributed by atoms with Crippen LogP contribution in [-0.4, -0.2) is 11.2 Å². The van der Waals surface area contributed by atoms with E-state index in [0.29, 0.717) is 11.2 Å². The third kappa shape index (κ3) is 8.42. The number of ether oxygens (including phenoxy) is 1. The lowest BCUT2D eigenvalue weighted by Gasteiger charge is -2.21. The number of allylic oxidation sites excluding steroid dienone is 1. The van der Waals surface area contributed by atoms with Gasteiger partial charge in [0, 0.05) is 11.1 Å². The number of phenolic OH excluding ortho intramolecular Hbond substituents is 1. The average molecular weight is 337 g/mol. The van der Waals surface area contributed by atoms with Gasteiger partial charge >= 0.3 is 0 Å². The van der Waals surface area contributed by atoms with Crippen molar-refractivity contribution in [2.75, 3.05) is 0 Å². The predicted octanol–water partition coefficient (Wildman–Crippen LogP) is 7.22. The number of aromatic hydroxyl groups is 1. The van der Waals surface area contributed by atoms with Crippen LogP contribution in [0.1, 0.15) is 84.6 Å². The van der Waals surface area contributed by atoms with Crippen molar-refractivity contribution in [2.24, 2.45) is 5.41 Å². The maximum atomic E-state index is 10.1. The third-order valence-corrected chi connectivity index (χ3v) is 3.00. The highest BCUT2D eigenvalue weighted by molar-refractivity contribution is 5.75. The summed E-state index contributed by atoms with van der Waals surface area (Å²) in [4.78, 5) is 0. The van der Waals surface area contributed by atoms with Gasteiger partial charge in [-0.15, -0.1) is 0 Å². The minimum atomic E-state index is 0.107. The van der Waals surface area contributed by atoms with E-state index in [9.17, 15) is 5.11 Å². The molecule has 24 heavy (non-hydrogen) atoms. The Hall–Kier alpha value is -1.44. The first-order valence-electron chi connectivity index (χ1n) is 8.92. The molecule has 0 bridgehead atoms. The zero-order valence-electron chi connectivity index (χ0n) is 18.1. The van der Waals surface area contributed by atoms with Crippen LogP contribution in [0.5, 0.6) is 11.5 Å². The molecule has 0 heterocycles. The second-order valence-corrected chi connectivity index (χ2v) is 7.87. The second kappa shape index (κ2) is 10.4. The number of rotatable bonds is 3. The molecule has 2 nitrogen and oxygen atoms in total. The fraction of sp³-hybridized carbons (Fsp3) is 0.636. The van der Waals surface area contributed by atoms with E-state index in [1.165, 1.54) is 0 Å². The van der Waals surface area contributed by atoms with Crippen molar-refractivity contribution in [3.05, 3.63) is 28.8 Å². The van der Waals surface area contributed by atoms with Gasteiger partial charge in [-0.3, -0.25) is 0 Å². The van der Waals surface area contributed by atoms with Crippen molar-refractivity contribution in [1.29, 1.82) is 0 Å². The number of phenols is 1.